The van der Waals surface area contributed by atoms with Crippen molar-refractivity contribution < 1.29 is 0 Å². The molecule has 45 heavy (non-hydrogen) atoms. The van der Waals surface area contributed by atoms with Crippen LogP contribution in [0.2, 0.25) is 0 Å². The Bertz CT molecular complexity index is 650. The molecule has 0 fully saturated rings. The minimum Gasteiger partial charge on any atom is -0.123 e. The number of benzene rings is 1. The molecule has 0 heterocycles. The number of hydrogen-bond acceptors (Lipinski definition) is 3. The van der Waals surface area contributed by atoms with Crippen LogP contribution < -0.4 is 0 Å². The molecule has 264 valence electrons. The Kier molecular flexibility index (Phi) is 30.3. The van der Waals surface area contributed by atoms with Crippen molar-refractivity contribution in [3.8, 4) is 0 Å². The molecular formula is C42H78S3. The summed E-state index contributed by atoms with van der Waals surface area (Å²) in [7, 11) is 0. The second-order valence-electron chi connectivity index (χ2n) is 14.2. The normalized spacial score (nSPS) is 13.7. The van der Waals surface area contributed by atoms with Crippen molar-refractivity contribution in [1.82, 2.24) is 0 Å². The van der Waals surface area contributed by atoms with Gasteiger partial charge in [-0.15, -0.1) is 35.3 Å². The van der Waals surface area contributed by atoms with E-state index in [2.05, 4.69) is 95.0 Å². The molecule has 0 bridgehead atoms. The first kappa shape index (κ1) is 43.3. The average molecular weight is 679 g/mol. The molecule has 0 amide bonds. The third-order valence-electron chi connectivity index (χ3n) is 9.26. The molecule has 3 atom stereocenters. The van der Waals surface area contributed by atoms with E-state index in [1.54, 1.807) is 0 Å². The maximum Gasteiger partial charge on any atom is 0.00969 e. The van der Waals surface area contributed by atoms with Gasteiger partial charge < -0.3 is 0 Å². The Morgan fingerprint density at radius 1 is 0.333 bits per heavy atom. The second-order valence-corrected chi connectivity index (χ2v) is 18.8. The molecule has 1 aromatic carbocycles. The third kappa shape index (κ3) is 26.9. The van der Waals surface area contributed by atoms with Gasteiger partial charge in [0.25, 0.3) is 0 Å². The largest absolute Gasteiger partial charge is 0.123 e. The fourth-order valence-corrected chi connectivity index (χ4v) is 9.96. The van der Waals surface area contributed by atoms with Crippen LogP contribution in [0.25, 0.3) is 0 Å². The van der Waals surface area contributed by atoms with Gasteiger partial charge in [-0.1, -0.05) is 196 Å². The molecule has 0 nitrogen and oxygen atoms in total. The van der Waals surface area contributed by atoms with E-state index in [4.69, 9.17) is 0 Å². The summed E-state index contributed by atoms with van der Waals surface area (Å²) in [6, 6.07) is 7.57. The smallest absolute Gasteiger partial charge is 0.00969 e. The van der Waals surface area contributed by atoms with Crippen LogP contribution in [0.4, 0.5) is 0 Å². The first-order valence-corrected chi connectivity index (χ1v) is 22.8. The van der Waals surface area contributed by atoms with Crippen molar-refractivity contribution in [3.63, 3.8) is 0 Å². The number of rotatable bonds is 33. The molecule has 0 saturated carbocycles. The molecular weight excluding hydrogens is 601 g/mol. The van der Waals surface area contributed by atoms with Gasteiger partial charge in [-0.05, 0) is 37.5 Å². The Hall–Kier alpha value is 0.270. The minimum absolute atomic E-state index is 0.702. The van der Waals surface area contributed by atoms with Crippen LogP contribution >= 0.6 is 35.3 Å². The molecule has 0 spiro atoms. The predicted molar refractivity (Wildman–Crippen MR) is 214 cm³/mol. The van der Waals surface area contributed by atoms with E-state index in [0.717, 1.165) is 0 Å². The minimum atomic E-state index is 0.702. The number of hydrogen-bond donors (Lipinski definition) is 0. The van der Waals surface area contributed by atoms with E-state index in [9.17, 15) is 0 Å². The van der Waals surface area contributed by atoms with Crippen LogP contribution in [0.3, 0.4) is 0 Å². The molecule has 1 rings (SSSR count). The van der Waals surface area contributed by atoms with Crippen LogP contribution in [-0.4, -0.2) is 15.7 Å². The van der Waals surface area contributed by atoms with E-state index in [1.807, 2.05) is 0 Å². The van der Waals surface area contributed by atoms with Gasteiger partial charge in [-0.2, -0.15) is 0 Å². The van der Waals surface area contributed by atoms with Gasteiger partial charge in [-0.25, -0.2) is 0 Å². The fourth-order valence-electron chi connectivity index (χ4n) is 6.32. The molecule has 0 aromatic heterocycles. The van der Waals surface area contributed by atoms with Gasteiger partial charge in [0.2, 0.25) is 0 Å². The maximum absolute atomic E-state index is 2.52. The van der Waals surface area contributed by atoms with Crippen LogP contribution in [0.5, 0.6) is 0 Å². The Morgan fingerprint density at radius 3 is 0.756 bits per heavy atom. The van der Waals surface area contributed by atoms with Crippen molar-refractivity contribution in [2.75, 3.05) is 0 Å². The number of thioether (sulfide) groups is 3. The summed E-state index contributed by atoms with van der Waals surface area (Å²) >= 11 is 6.42. The van der Waals surface area contributed by atoms with E-state index in [-0.39, 0.29) is 0 Å². The first-order valence-electron chi connectivity index (χ1n) is 20.1. The lowest BCUT2D eigenvalue weighted by atomic mass is 10.1. The van der Waals surface area contributed by atoms with Crippen molar-refractivity contribution in [1.29, 1.82) is 0 Å². The standard InChI is InChI=1S/C42H78S3/c1-7-10-13-16-19-22-25-28-31-37(4)43-40-34-41(44-38(5)32-29-26-23-20-17-14-11-8-2)36-42(35-40)45-39(6)33-30-27-24-21-18-15-12-9-3/h34-39H,7-33H2,1-6H3. The zero-order valence-corrected chi connectivity index (χ0v) is 33.7. The topological polar surface area (TPSA) is 0 Å². The summed E-state index contributed by atoms with van der Waals surface area (Å²) in [5.41, 5.74) is 0. The molecule has 0 saturated heterocycles. The van der Waals surface area contributed by atoms with Gasteiger partial charge in [0, 0.05) is 30.4 Å². The molecule has 3 heteroatoms. The fraction of sp³-hybridized carbons (Fsp3) is 0.857. The predicted octanol–water partition coefficient (Wildman–Crippen LogP) is 16.7. The zero-order valence-electron chi connectivity index (χ0n) is 31.3. The molecule has 0 aliphatic carbocycles. The molecule has 0 aliphatic heterocycles. The van der Waals surface area contributed by atoms with Gasteiger partial charge in [0.1, 0.15) is 0 Å². The van der Waals surface area contributed by atoms with Gasteiger partial charge >= 0.3 is 0 Å². The zero-order chi connectivity index (χ0) is 32.8. The Morgan fingerprint density at radius 2 is 0.533 bits per heavy atom. The monoisotopic (exact) mass is 679 g/mol. The highest BCUT2D eigenvalue weighted by Gasteiger charge is 2.13. The van der Waals surface area contributed by atoms with E-state index in [1.165, 1.54) is 188 Å². The molecule has 0 aliphatic rings. The lowest BCUT2D eigenvalue weighted by Gasteiger charge is -2.17. The van der Waals surface area contributed by atoms with Crippen LogP contribution in [-0.2, 0) is 0 Å². The maximum atomic E-state index is 2.52. The first-order chi connectivity index (χ1) is 22.0. The Labute approximate surface area is 297 Å². The quantitative estimate of drug-likeness (QED) is 0.0536. The SMILES string of the molecule is CCCCCCCCCCC(C)Sc1cc(SC(C)CCCCCCCCCC)cc(SC(C)CCCCCCCCCC)c1. The molecule has 0 N–H and O–H groups in total. The van der Waals surface area contributed by atoms with Crippen LogP contribution in [0.1, 0.15) is 215 Å². The van der Waals surface area contributed by atoms with Crippen molar-refractivity contribution >= 4 is 35.3 Å². The summed E-state index contributed by atoms with van der Waals surface area (Å²) in [6.45, 7) is 14.3. The highest BCUT2D eigenvalue weighted by molar-refractivity contribution is 8.01. The van der Waals surface area contributed by atoms with Crippen molar-refractivity contribution in [2.24, 2.45) is 0 Å². The summed E-state index contributed by atoms with van der Waals surface area (Å²) in [5.74, 6) is 0. The average Bonchev–Trinajstić information content (AvgIpc) is 3.01. The molecule has 1 aromatic rings. The number of unbranched alkanes of at least 4 members (excludes halogenated alkanes) is 21. The molecule has 3 unspecified atom stereocenters. The highest BCUT2D eigenvalue weighted by atomic mass is 32.2. The molecule has 0 radical (unpaired) electrons. The lowest BCUT2D eigenvalue weighted by molar-refractivity contribution is 0.564. The van der Waals surface area contributed by atoms with Crippen LogP contribution in [0.15, 0.2) is 32.9 Å². The van der Waals surface area contributed by atoms with E-state index < -0.39 is 0 Å². The summed E-state index contributed by atoms with van der Waals surface area (Å²) in [4.78, 5) is 4.52. The van der Waals surface area contributed by atoms with E-state index in [0.29, 0.717) is 15.7 Å². The van der Waals surface area contributed by atoms with E-state index >= 15 is 0 Å². The summed E-state index contributed by atoms with van der Waals surface area (Å²) < 4.78 is 0. The van der Waals surface area contributed by atoms with Crippen molar-refractivity contribution in [3.05, 3.63) is 18.2 Å². The highest BCUT2D eigenvalue weighted by Crippen LogP contribution is 2.38. The summed E-state index contributed by atoms with van der Waals surface area (Å²) in [6.07, 6.45) is 38.0. The second kappa shape index (κ2) is 31.5. The van der Waals surface area contributed by atoms with Gasteiger partial charge in [-0.3, -0.25) is 0 Å². The van der Waals surface area contributed by atoms with Gasteiger partial charge in [0.05, 0.1) is 0 Å². The lowest BCUT2D eigenvalue weighted by Crippen LogP contribution is -1.99. The summed E-state index contributed by atoms with van der Waals surface area (Å²) in [5, 5.41) is 2.10. The third-order valence-corrected chi connectivity index (χ3v) is 12.7. The van der Waals surface area contributed by atoms with Crippen LogP contribution in [0, 0.1) is 0 Å². The van der Waals surface area contributed by atoms with Gasteiger partial charge in [0.15, 0.2) is 0 Å². The Balaban J connectivity index is 2.59. The van der Waals surface area contributed by atoms with Crippen molar-refractivity contribution in [2.45, 2.75) is 245 Å².